The Bertz CT molecular complexity index is 1090. The van der Waals surface area contributed by atoms with Gasteiger partial charge in [-0.05, 0) is 61.6 Å². The van der Waals surface area contributed by atoms with Crippen molar-refractivity contribution in [3.63, 3.8) is 0 Å². The Morgan fingerprint density at radius 2 is 1.79 bits per heavy atom. The summed E-state index contributed by atoms with van der Waals surface area (Å²) in [5.41, 5.74) is 5.69. The van der Waals surface area contributed by atoms with E-state index in [0.717, 1.165) is 35.3 Å². The number of fused-ring (bicyclic) bond motifs is 1. The zero-order valence-corrected chi connectivity index (χ0v) is 16.6. The maximum Gasteiger partial charge on any atom is 0.259 e. The van der Waals surface area contributed by atoms with Crippen LogP contribution in [0.3, 0.4) is 0 Å². The van der Waals surface area contributed by atoms with Crippen molar-refractivity contribution in [1.82, 2.24) is 4.98 Å². The number of benzene rings is 2. The first-order chi connectivity index (χ1) is 14.0. The van der Waals surface area contributed by atoms with Crippen molar-refractivity contribution < 1.29 is 9.59 Å². The van der Waals surface area contributed by atoms with Crippen LogP contribution >= 0.6 is 0 Å². The van der Waals surface area contributed by atoms with Crippen LogP contribution in [0.4, 0.5) is 11.4 Å². The zero-order valence-electron chi connectivity index (χ0n) is 16.6. The molecular formula is C24H23N3O2. The molecule has 146 valence electrons. The molecule has 1 N–H and O–H groups in total. The predicted molar refractivity (Wildman–Crippen MR) is 115 cm³/mol. The topological polar surface area (TPSA) is 62.3 Å². The smallest absolute Gasteiger partial charge is 0.259 e. The molecule has 29 heavy (non-hydrogen) atoms. The number of nitrogens with zero attached hydrogens (tertiary/aromatic N) is 2. The number of aromatic nitrogens is 1. The molecule has 5 heteroatoms. The third-order valence-electron chi connectivity index (χ3n) is 5.24. The van der Waals surface area contributed by atoms with Crippen molar-refractivity contribution in [1.29, 1.82) is 0 Å². The van der Waals surface area contributed by atoms with Crippen LogP contribution in [-0.4, -0.2) is 23.3 Å². The average Bonchev–Trinajstić information content (AvgIpc) is 2.75. The standard InChI is InChI=1S/C24H23N3O2/c1-16-9-10-17(2)21(12-16)26-23(28)19-13-20(15-25-14-19)24(29)27-11-5-7-18-6-3-4-8-22(18)27/h3-4,6,8-10,12-15H,5,7,11H2,1-2H3,(H,26,28). The van der Waals surface area contributed by atoms with Gasteiger partial charge < -0.3 is 10.2 Å². The minimum Gasteiger partial charge on any atom is -0.322 e. The van der Waals surface area contributed by atoms with Crippen LogP contribution in [-0.2, 0) is 6.42 Å². The number of pyridine rings is 1. The van der Waals surface area contributed by atoms with Gasteiger partial charge in [0.2, 0.25) is 0 Å². The number of anilines is 2. The SMILES string of the molecule is Cc1ccc(C)c(NC(=O)c2cncc(C(=O)N3CCCc4ccccc43)c2)c1. The van der Waals surface area contributed by atoms with Crippen molar-refractivity contribution in [3.8, 4) is 0 Å². The van der Waals surface area contributed by atoms with Crippen LogP contribution in [0.5, 0.6) is 0 Å². The zero-order chi connectivity index (χ0) is 20.4. The van der Waals surface area contributed by atoms with E-state index in [1.807, 2.05) is 50.2 Å². The molecule has 5 nitrogen and oxygen atoms in total. The number of hydrogen-bond acceptors (Lipinski definition) is 3. The minimum atomic E-state index is -0.278. The number of amides is 2. The molecule has 0 bridgehead atoms. The molecule has 0 saturated carbocycles. The molecule has 0 radical (unpaired) electrons. The summed E-state index contributed by atoms with van der Waals surface area (Å²) in [5.74, 6) is -0.411. The summed E-state index contributed by atoms with van der Waals surface area (Å²) in [7, 11) is 0. The van der Waals surface area contributed by atoms with Gasteiger partial charge in [0.1, 0.15) is 0 Å². The van der Waals surface area contributed by atoms with E-state index in [9.17, 15) is 9.59 Å². The molecule has 1 aliphatic rings. The average molecular weight is 385 g/mol. The lowest BCUT2D eigenvalue weighted by atomic mass is 10.0. The van der Waals surface area contributed by atoms with E-state index in [1.165, 1.54) is 18.0 Å². The quantitative estimate of drug-likeness (QED) is 0.720. The fourth-order valence-corrected chi connectivity index (χ4v) is 3.65. The van der Waals surface area contributed by atoms with E-state index in [0.29, 0.717) is 17.7 Å². The van der Waals surface area contributed by atoms with Gasteiger partial charge in [0.05, 0.1) is 11.1 Å². The lowest BCUT2D eigenvalue weighted by Crippen LogP contribution is -2.35. The van der Waals surface area contributed by atoms with Crippen LogP contribution in [0.25, 0.3) is 0 Å². The highest BCUT2D eigenvalue weighted by Crippen LogP contribution is 2.28. The first-order valence-corrected chi connectivity index (χ1v) is 9.76. The van der Waals surface area contributed by atoms with Gasteiger partial charge in [-0.3, -0.25) is 14.6 Å². The molecule has 0 unspecified atom stereocenters. The Hall–Kier alpha value is -3.47. The molecule has 0 fully saturated rings. The number of carbonyl (C=O) groups excluding carboxylic acids is 2. The van der Waals surface area contributed by atoms with Crippen molar-refractivity contribution in [2.24, 2.45) is 0 Å². The maximum atomic E-state index is 13.1. The van der Waals surface area contributed by atoms with Crippen LogP contribution in [0.1, 0.15) is 43.8 Å². The van der Waals surface area contributed by atoms with E-state index >= 15 is 0 Å². The molecule has 0 aliphatic carbocycles. The first-order valence-electron chi connectivity index (χ1n) is 9.76. The largest absolute Gasteiger partial charge is 0.322 e. The first kappa shape index (κ1) is 18.9. The summed E-state index contributed by atoms with van der Waals surface area (Å²) in [5, 5.41) is 2.92. The third kappa shape index (κ3) is 3.90. The number of aryl methyl sites for hydroxylation is 3. The van der Waals surface area contributed by atoms with Gasteiger partial charge in [0.15, 0.2) is 0 Å². The normalized spacial score (nSPS) is 13.0. The van der Waals surface area contributed by atoms with Gasteiger partial charge in [-0.2, -0.15) is 0 Å². The van der Waals surface area contributed by atoms with Gasteiger partial charge in [0.25, 0.3) is 11.8 Å². The number of para-hydroxylation sites is 1. The van der Waals surface area contributed by atoms with E-state index in [4.69, 9.17) is 0 Å². The van der Waals surface area contributed by atoms with E-state index < -0.39 is 0 Å². The van der Waals surface area contributed by atoms with Crippen molar-refractivity contribution in [2.75, 3.05) is 16.8 Å². The Balaban J connectivity index is 1.58. The number of rotatable bonds is 3. The minimum absolute atomic E-state index is 0.133. The second kappa shape index (κ2) is 7.87. The molecule has 3 aromatic rings. The summed E-state index contributed by atoms with van der Waals surface area (Å²) in [6, 6.07) is 15.5. The van der Waals surface area contributed by atoms with Crippen molar-refractivity contribution in [2.45, 2.75) is 26.7 Å². The van der Waals surface area contributed by atoms with Gasteiger partial charge in [-0.15, -0.1) is 0 Å². The summed E-state index contributed by atoms with van der Waals surface area (Å²) < 4.78 is 0. The fraction of sp³-hybridized carbons (Fsp3) is 0.208. The monoisotopic (exact) mass is 385 g/mol. The highest BCUT2D eigenvalue weighted by Gasteiger charge is 2.24. The van der Waals surface area contributed by atoms with Gasteiger partial charge in [0, 0.05) is 30.3 Å². The number of carbonyl (C=O) groups is 2. The van der Waals surface area contributed by atoms with Gasteiger partial charge in [-0.1, -0.05) is 30.3 Å². The fourth-order valence-electron chi connectivity index (χ4n) is 3.65. The summed E-state index contributed by atoms with van der Waals surface area (Å²) in [6.07, 6.45) is 4.90. The van der Waals surface area contributed by atoms with Gasteiger partial charge in [-0.25, -0.2) is 0 Å². The second-order valence-corrected chi connectivity index (χ2v) is 7.42. The highest BCUT2D eigenvalue weighted by atomic mass is 16.2. The maximum absolute atomic E-state index is 13.1. The lowest BCUT2D eigenvalue weighted by Gasteiger charge is -2.29. The molecule has 0 saturated heterocycles. The second-order valence-electron chi connectivity index (χ2n) is 7.42. The van der Waals surface area contributed by atoms with E-state index in [-0.39, 0.29) is 11.8 Å². The molecule has 1 aliphatic heterocycles. The summed E-state index contributed by atoms with van der Waals surface area (Å²) >= 11 is 0. The molecule has 2 amide bonds. The Labute approximate surface area is 170 Å². The highest BCUT2D eigenvalue weighted by molar-refractivity contribution is 6.09. The van der Waals surface area contributed by atoms with Crippen LogP contribution in [0.15, 0.2) is 60.9 Å². The molecular weight excluding hydrogens is 362 g/mol. The van der Waals surface area contributed by atoms with Crippen LogP contribution in [0.2, 0.25) is 0 Å². The molecule has 0 spiro atoms. The summed E-state index contributed by atoms with van der Waals surface area (Å²) in [4.78, 5) is 31.8. The third-order valence-corrected chi connectivity index (χ3v) is 5.24. The molecule has 2 heterocycles. The van der Waals surface area contributed by atoms with Crippen molar-refractivity contribution >= 4 is 23.2 Å². The van der Waals surface area contributed by atoms with Crippen LogP contribution < -0.4 is 10.2 Å². The van der Waals surface area contributed by atoms with Crippen LogP contribution in [0, 0.1) is 13.8 Å². The van der Waals surface area contributed by atoms with E-state index in [2.05, 4.69) is 16.4 Å². The van der Waals surface area contributed by atoms with Crippen molar-refractivity contribution in [3.05, 3.63) is 88.7 Å². The molecule has 0 atom stereocenters. The Morgan fingerprint density at radius 3 is 2.66 bits per heavy atom. The predicted octanol–water partition coefficient (Wildman–Crippen LogP) is 4.54. The van der Waals surface area contributed by atoms with Gasteiger partial charge >= 0.3 is 0 Å². The van der Waals surface area contributed by atoms with E-state index in [1.54, 1.807) is 11.0 Å². The molecule has 1 aromatic heterocycles. The molecule has 2 aromatic carbocycles. The number of hydrogen-bond donors (Lipinski definition) is 1. The summed E-state index contributed by atoms with van der Waals surface area (Å²) in [6.45, 7) is 4.59. The Morgan fingerprint density at radius 1 is 1.00 bits per heavy atom. The number of nitrogens with one attached hydrogen (secondary N) is 1. The molecule has 4 rings (SSSR count). The lowest BCUT2D eigenvalue weighted by molar-refractivity contribution is 0.0984. The Kier molecular flexibility index (Phi) is 5.12.